The molecule has 0 bridgehead atoms. The van der Waals surface area contributed by atoms with E-state index in [-0.39, 0.29) is 24.5 Å². The Morgan fingerprint density at radius 1 is 1.29 bits per heavy atom. The van der Waals surface area contributed by atoms with E-state index in [9.17, 15) is 4.79 Å². The molecule has 6 heteroatoms. The van der Waals surface area contributed by atoms with Crippen molar-refractivity contribution < 1.29 is 24.2 Å². The average Bonchev–Trinajstić information content (AvgIpc) is 2.48. The van der Waals surface area contributed by atoms with Crippen LogP contribution < -0.4 is 9.47 Å². The highest BCUT2D eigenvalue weighted by Gasteiger charge is 2.16. The summed E-state index contributed by atoms with van der Waals surface area (Å²) < 4.78 is 11.0. The number of aromatic carboxylic acids is 1. The zero-order chi connectivity index (χ0) is 15.7. The van der Waals surface area contributed by atoms with E-state index in [2.05, 4.69) is 23.2 Å². The second kappa shape index (κ2) is 8.42. The minimum absolute atomic E-state index is 0.0533. The Balaban J connectivity index is 3.35. The molecule has 0 fully saturated rings. The predicted molar refractivity (Wildman–Crippen MR) is 79.4 cm³/mol. The highest BCUT2D eigenvalue weighted by molar-refractivity contribution is 5.94. The van der Waals surface area contributed by atoms with Crippen LogP contribution in [0.1, 0.15) is 15.9 Å². The van der Waals surface area contributed by atoms with Crippen LogP contribution in [0.2, 0.25) is 0 Å². The summed E-state index contributed by atoms with van der Waals surface area (Å²) in [6.07, 6.45) is 4.47. The van der Waals surface area contributed by atoms with E-state index in [4.69, 9.17) is 14.6 Å². The molecule has 112 valence electrons. The molecule has 0 aromatic heterocycles. The minimum atomic E-state index is -1.08. The number of hydrogen-bond donors (Lipinski definition) is 1. The van der Waals surface area contributed by atoms with Crippen LogP contribution in [0.15, 0.2) is 42.6 Å². The van der Waals surface area contributed by atoms with E-state index in [1.807, 2.05) is 0 Å². The first-order chi connectivity index (χ1) is 10.1. The maximum absolute atomic E-state index is 11.2. The van der Waals surface area contributed by atoms with Crippen molar-refractivity contribution >= 4 is 12.2 Å². The Morgan fingerprint density at radius 3 is 2.52 bits per heavy atom. The molecular weight excluding hydrogens is 274 g/mol. The molecule has 0 unspecified atom stereocenters. The molecule has 0 spiro atoms. The van der Waals surface area contributed by atoms with Gasteiger partial charge in [0.25, 0.3) is 0 Å². The van der Waals surface area contributed by atoms with Crippen molar-refractivity contribution in [3.63, 3.8) is 0 Å². The molecule has 0 aliphatic heterocycles. The first kappa shape index (κ1) is 16.3. The summed E-state index contributed by atoms with van der Waals surface area (Å²) in [5.74, 6) is -0.433. The molecule has 0 amide bonds. The standard InChI is InChI=1S/C15H17NO5/c1-4-6-20-13-9-11(15(17)18)8-12(10-16-19-3)14(13)21-7-5-2/h4-5,8-10H,1-2,6-7H2,3H3,(H,17,18)/b16-10+. The van der Waals surface area contributed by atoms with Crippen molar-refractivity contribution in [2.24, 2.45) is 5.16 Å². The summed E-state index contributed by atoms with van der Waals surface area (Å²) in [5.41, 5.74) is 0.482. The number of rotatable bonds is 9. The molecule has 0 aliphatic rings. The number of nitrogens with zero attached hydrogens (tertiary/aromatic N) is 1. The number of ether oxygens (including phenoxy) is 2. The second-order valence-electron chi connectivity index (χ2n) is 3.81. The Morgan fingerprint density at radius 2 is 1.95 bits per heavy atom. The van der Waals surface area contributed by atoms with Gasteiger partial charge in [-0.1, -0.05) is 30.5 Å². The number of hydrogen-bond acceptors (Lipinski definition) is 5. The summed E-state index contributed by atoms with van der Waals surface area (Å²) in [7, 11) is 1.39. The molecule has 1 N–H and O–H groups in total. The van der Waals surface area contributed by atoms with Crippen molar-refractivity contribution in [1.82, 2.24) is 0 Å². The number of oxime groups is 1. The third-order valence-corrected chi connectivity index (χ3v) is 2.33. The van der Waals surface area contributed by atoms with Crippen LogP contribution in [0, 0.1) is 0 Å². The van der Waals surface area contributed by atoms with Gasteiger partial charge in [-0.05, 0) is 12.1 Å². The van der Waals surface area contributed by atoms with Crippen LogP contribution in [0.3, 0.4) is 0 Å². The number of benzene rings is 1. The summed E-state index contributed by atoms with van der Waals surface area (Å²) >= 11 is 0. The SMILES string of the molecule is C=CCOc1cc(C(=O)O)cc(/C=N/OC)c1OCC=C. The largest absolute Gasteiger partial charge is 0.486 e. The lowest BCUT2D eigenvalue weighted by Crippen LogP contribution is -2.06. The van der Waals surface area contributed by atoms with Crippen molar-refractivity contribution in [3.05, 3.63) is 48.6 Å². The van der Waals surface area contributed by atoms with Crippen molar-refractivity contribution in [2.75, 3.05) is 20.3 Å². The highest BCUT2D eigenvalue weighted by atomic mass is 16.6. The molecule has 1 aromatic carbocycles. The van der Waals surface area contributed by atoms with Gasteiger partial charge in [0, 0.05) is 5.56 Å². The van der Waals surface area contributed by atoms with Gasteiger partial charge in [-0.3, -0.25) is 0 Å². The molecule has 0 saturated carbocycles. The van der Waals surface area contributed by atoms with Crippen LogP contribution in [0.5, 0.6) is 11.5 Å². The Bertz CT molecular complexity index is 551. The highest BCUT2D eigenvalue weighted by Crippen LogP contribution is 2.32. The molecule has 0 atom stereocenters. The molecule has 0 heterocycles. The normalized spacial score (nSPS) is 10.1. The van der Waals surface area contributed by atoms with Gasteiger partial charge in [0.15, 0.2) is 11.5 Å². The van der Waals surface area contributed by atoms with Crippen LogP contribution in [0.4, 0.5) is 0 Å². The van der Waals surface area contributed by atoms with Gasteiger partial charge in [0.2, 0.25) is 0 Å². The first-order valence-electron chi connectivity index (χ1n) is 6.09. The topological polar surface area (TPSA) is 77.4 Å². The van der Waals surface area contributed by atoms with E-state index < -0.39 is 5.97 Å². The maximum atomic E-state index is 11.2. The smallest absolute Gasteiger partial charge is 0.335 e. The molecule has 0 saturated heterocycles. The van der Waals surface area contributed by atoms with Crippen LogP contribution >= 0.6 is 0 Å². The molecule has 6 nitrogen and oxygen atoms in total. The lowest BCUT2D eigenvalue weighted by molar-refractivity contribution is 0.0696. The monoisotopic (exact) mass is 291 g/mol. The number of carboxylic acids is 1. The third kappa shape index (κ3) is 4.68. The minimum Gasteiger partial charge on any atom is -0.486 e. The van der Waals surface area contributed by atoms with Crippen molar-refractivity contribution in [3.8, 4) is 11.5 Å². The molecular formula is C15H17NO5. The first-order valence-corrected chi connectivity index (χ1v) is 6.09. The molecule has 21 heavy (non-hydrogen) atoms. The van der Waals surface area contributed by atoms with Gasteiger partial charge < -0.3 is 19.4 Å². The van der Waals surface area contributed by atoms with Gasteiger partial charge in [-0.2, -0.15) is 0 Å². The van der Waals surface area contributed by atoms with Crippen molar-refractivity contribution in [2.45, 2.75) is 0 Å². The number of carbonyl (C=O) groups is 1. The Kier molecular flexibility index (Phi) is 6.53. The maximum Gasteiger partial charge on any atom is 0.335 e. The van der Waals surface area contributed by atoms with Crippen LogP contribution in [-0.2, 0) is 4.84 Å². The fourth-order valence-corrected chi connectivity index (χ4v) is 1.51. The summed E-state index contributed by atoms with van der Waals surface area (Å²) in [4.78, 5) is 15.8. The van der Waals surface area contributed by atoms with E-state index in [1.54, 1.807) is 12.2 Å². The van der Waals surface area contributed by atoms with Crippen molar-refractivity contribution in [1.29, 1.82) is 0 Å². The Labute approximate surface area is 122 Å². The predicted octanol–water partition coefficient (Wildman–Crippen LogP) is 2.49. The van der Waals surface area contributed by atoms with Gasteiger partial charge in [-0.25, -0.2) is 4.79 Å². The average molecular weight is 291 g/mol. The zero-order valence-electron chi connectivity index (χ0n) is 11.7. The lowest BCUT2D eigenvalue weighted by atomic mass is 10.1. The second-order valence-corrected chi connectivity index (χ2v) is 3.81. The van der Waals surface area contributed by atoms with E-state index in [1.165, 1.54) is 25.5 Å². The molecule has 0 aliphatic carbocycles. The van der Waals surface area contributed by atoms with E-state index >= 15 is 0 Å². The third-order valence-electron chi connectivity index (χ3n) is 2.33. The summed E-state index contributed by atoms with van der Waals surface area (Å²) in [5, 5.41) is 12.8. The molecule has 1 rings (SSSR count). The lowest BCUT2D eigenvalue weighted by Gasteiger charge is -2.14. The fourth-order valence-electron chi connectivity index (χ4n) is 1.51. The van der Waals surface area contributed by atoms with Gasteiger partial charge in [-0.15, -0.1) is 0 Å². The van der Waals surface area contributed by atoms with Crippen LogP contribution in [-0.4, -0.2) is 37.6 Å². The van der Waals surface area contributed by atoms with E-state index in [0.717, 1.165) is 0 Å². The van der Waals surface area contributed by atoms with Crippen LogP contribution in [0.25, 0.3) is 0 Å². The van der Waals surface area contributed by atoms with Gasteiger partial charge in [0.1, 0.15) is 20.3 Å². The Hall–Kier alpha value is -2.76. The fraction of sp³-hybridized carbons (Fsp3) is 0.200. The quantitative estimate of drug-likeness (QED) is 0.429. The zero-order valence-corrected chi connectivity index (χ0v) is 11.7. The molecule has 0 radical (unpaired) electrons. The summed E-state index contributed by atoms with van der Waals surface area (Å²) in [6.45, 7) is 7.58. The van der Waals surface area contributed by atoms with E-state index in [0.29, 0.717) is 11.3 Å². The number of carboxylic acid groups (broad SMARTS) is 1. The molecule has 1 aromatic rings. The van der Waals surface area contributed by atoms with Gasteiger partial charge >= 0.3 is 5.97 Å². The van der Waals surface area contributed by atoms with Gasteiger partial charge in [0.05, 0.1) is 11.8 Å². The summed E-state index contributed by atoms with van der Waals surface area (Å²) in [6, 6.07) is 2.80.